The quantitative estimate of drug-likeness (QED) is 0.590. The molecule has 1 N–H and O–H groups in total. The molecule has 4 rings (SSSR count). The van der Waals surface area contributed by atoms with Gasteiger partial charge in [0, 0.05) is 56.0 Å². The first-order chi connectivity index (χ1) is 16.2. The van der Waals surface area contributed by atoms with E-state index in [4.69, 9.17) is 6.57 Å². The van der Waals surface area contributed by atoms with Gasteiger partial charge in [-0.15, -0.1) is 4.98 Å². The van der Waals surface area contributed by atoms with Crippen molar-refractivity contribution in [3.8, 4) is 0 Å². The normalized spacial score (nSPS) is 19.9. The van der Waals surface area contributed by atoms with Gasteiger partial charge in [-0.3, -0.25) is 9.69 Å². The highest BCUT2D eigenvalue weighted by Gasteiger charge is 2.37. The SMILES string of the molecule is [C-]#[N+]c1ccc2c(n1)c(N1C[C@H](CO)N(C(C)c3c(F)cc(F)cc3F)C[C@H]1C)cc(=O)n2C. The summed E-state index contributed by atoms with van der Waals surface area (Å²) in [6.07, 6.45) is 0. The van der Waals surface area contributed by atoms with E-state index >= 15 is 0 Å². The fourth-order valence-electron chi connectivity index (χ4n) is 4.74. The summed E-state index contributed by atoms with van der Waals surface area (Å²) in [5.41, 5.74) is 1.06. The molecule has 0 radical (unpaired) electrons. The molecule has 3 aromatic rings. The van der Waals surface area contributed by atoms with Gasteiger partial charge in [0.15, 0.2) is 0 Å². The first-order valence-electron chi connectivity index (χ1n) is 10.8. The van der Waals surface area contributed by atoms with Gasteiger partial charge in [0.25, 0.3) is 11.4 Å². The summed E-state index contributed by atoms with van der Waals surface area (Å²) in [6.45, 7) is 11.1. The maximum absolute atomic E-state index is 14.5. The number of benzene rings is 1. The van der Waals surface area contributed by atoms with Crippen LogP contribution < -0.4 is 10.5 Å². The topological polar surface area (TPSA) is 66.0 Å². The zero-order chi connectivity index (χ0) is 24.7. The minimum atomic E-state index is -0.994. The van der Waals surface area contributed by atoms with E-state index in [9.17, 15) is 23.1 Å². The van der Waals surface area contributed by atoms with Crippen LogP contribution in [0.5, 0.6) is 0 Å². The number of pyridine rings is 2. The third-order valence-corrected chi connectivity index (χ3v) is 6.53. The Hall–Kier alpha value is -3.42. The fraction of sp³-hybridized carbons (Fsp3) is 0.375. The Morgan fingerprint density at radius 2 is 1.88 bits per heavy atom. The van der Waals surface area contributed by atoms with Crippen LogP contribution in [0.2, 0.25) is 0 Å². The monoisotopic (exact) mass is 471 g/mol. The zero-order valence-corrected chi connectivity index (χ0v) is 19.0. The standard InChI is InChI=1S/C24H24F3N5O2/c1-13-10-32(14(2)23-17(26)7-15(25)8-18(23)27)16(12-33)11-31(13)20-9-22(34)30(4)19-5-6-21(28-3)29-24(19)20/h5-9,13-14,16,33H,10-12H2,1-2,4H3/t13-,14?,16-/m1/s1. The molecule has 1 aromatic carbocycles. The van der Waals surface area contributed by atoms with Gasteiger partial charge in [-0.25, -0.2) is 13.2 Å². The summed E-state index contributed by atoms with van der Waals surface area (Å²) >= 11 is 0. The number of halogens is 3. The molecule has 3 atom stereocenters. The Labute approximate surface area is 194 Å². The number of aryl methyl sites for hydroxylation is 1. The van der Waals surface area contributed by atoms with Gasteiger partial charge in [-0.2, -0.15) is 0 Å². The lowest BCUT2D eigenvalue weighted by Crippen LogP contribution is -2.59. The molecule has 1 aliphatic heterocycles. The van der Waals surface area contributed by atoms with Crippen LogP contribution in [0.3, 0.4) is 0 Å². The first-order valence-corrected chi connectivity index (χ1v) is 10.8. The van der Waals surface area contributed by atoms with E-state index in [0.29, 0.717) is 35.4 Å². The number of anilines is 1. The lowest BCUT2D eigenvalue weighted by Gasteiger charge is -2.48. The van der Waals surface area contributed by atoms with E-state index in [1.54, 1.807) is 31.0 Å². The Balaban J connectivity index is 1.74. The maximum atomic E-state index is 14.5. The van der Waals surface area contributed by atoms with Crippen molar-refractivity contribution in [2.75, 3.05) is 24.6 Å². The molecule has 1 fully saturated rings. The largest absolute Gasteiger partial charge is 0.395 e. The van der Waals surface area contributed by atoms with E-state index in [1.807, 2.05) is 11.8 Å². The molecule has 7 nitrogen and oxygen atoms in total. The van der Waals surface area contributed by atoms with Crippen LogP contribution >= 0.6 is 0 Å². The second-order valence-electron chi connectivity index (χ2n) is 8.57. The van der Waals surface area contributed by atoms with Crippen LogP contribution in [0.25, 0.3) is 15.9 Å². The van der Waals surface area contributed by atoms with Gasteiger partial charge in [-0.1, -0.05) is 6.57 Å². The summed E-state index contributed by atoms with van der Waals surface area (Å²) in [6, 6.07) is 4.44. The van der Waals surface area contributed by atoms with Crippen LogP contribution in [-0.2, 0) is 7.05 Å². The van der Waals surface area contributed by atoms with Gasteiger partial charge in [0.2, 0.25) is 5.52 Å². The van der Waals surface area contributed by atoms with E-state index in [0.717, 1.165) is 0 Å². The van der Waals surface area contributed by atoms with E-state index in [-0.39, 0.29) is 36.1 Å². The third kappa shape index (κ3) is 4.02. The van der Waals surface area contributed by atoms with Gasteiger partial charge in [-0.05, 0) is 26.0 Å². The number of hydrogen-bond donors (Lipinski definition) is 1. The summed E-state index contributed by atoms with van der Waals surface area (Å²) in [7, 11) is 1.62. The zero-order valence-electron chi connectivity index (χ0n) is 19.0. The molecule has 0 spiro atoms. The summed E-state index contributed by atoms with van der Waals surface area (Å²) in [5, 5.41) is 10.1. The third-order valence-electron chi connectivity index (χ3n) is 6.53. The molecular weight excluding hydrogens is 447 g/mol. The van der Waals surface area contributed by atoms with Crippen molar-refractivity contribution in [2.24, 2.45) is 7.05 Å². The molecule has 0 aliphatic carbocycles. The lowest BCUT2D eigenvalue weighted by molar-refractivity contribution is 0.0628. The van der Waals surface area contributed by atoms with Crippen molar-refractivity contribution in [3.05, 3.63) is 75.1 Å². The van der Waals surface area contributed by atoms with Crippen molar-refractivity contribution < 1.29 is 18.3 Å². The molecule has 2 aromatic heterocycles. The molecule has 10 heteroatoms. The second-order valence-corrected chi connectivity index (χ2v) is 8.57. The number of rotatable bonds is 4. The molecular formula is C24H24F3N5O2. The highest BCUT2D eigenvalue weighted by Crippen LogP contribution is 2.34. The predicted octanol–water partition coefficient (Wildman–Crippen LogP) is 3.53. The first kappa shape index (κ1) is 23.7. The highest BCUT2D eigenvalue weighted by molar-refractivity contribution is 5.89. The van der Waals surface area contributed by atoms with Crippen molar-refractivity contribution in [1.82, 2.24) is 14.5 Å². The average molecular weight is 471 g/mol. The van der Waals surface area contributed by atoms with Gasteiger partial charge < -0.3 is 19.4 Å². The van der Waals surface area contributed by atoms with Crippen molar-refractivity contribution in [3.63, 3.8) is 0 Å². The maximum Gasteiger partial charge on any atom is 0.270 e. The highest BCUT2D eigenvalue weighted by atomic mass is 19.1. The number of aliphatic hydroxyl groups excluding tert-OH is 1. The van der Waals surface area contributed by atoms with Gasteiger partial charge in [0.1, 0.15) is 17.5 Å². The van der Waals surface area contributed by atoms with Crippen LogP contribution in [-0.4, -0.2) is 51.3 Å². The van der Waals surface area contributed by atoms with Crippen LogP contribution in [0, 0.1) is 24.0 Å². The summed E-state index contributed by atoms with van der Waals surface area (Å²) in [5.74, 6) is -2.77. The molecule has 0 saturated carbocycles. The van der Waals surface area contributed by atoms with Crippen molar-refractivity contribution in [2.45, 2.75) is 32.0 Å². The second kappa shape index (κ2) is 9.08. The molecule has 3 heterocycles. The number of piperazine rings is 1. The summed E-state index contributed by atoms with van der Waals surface area (Å²) in [4.78, 5) is 24.2. The Morgan fingerprint density at radius 3 is 2.50 bits per heavy atom. The lowest BCUT2D eigenvalue weighted by atomic mass is 9.98. The molecule has 1 saturated heterocycles. The minimum absolute atomic E-state index is 0.188. The number of aliphatic hydroxyl groups is 1. The van der Waals surface area contributed by atoms with Crippen LogP contribution in [0.15, 0.2) is 35.1 Å². The van der Waals surface area contributed by atoms with Crippen LogP contribution in [0.4, 0.5) is 24.7 Å². The molecule has 0 amide bonds. The summed E-state index contributed by atoms with van der Waals surface area (Å²) < 4.78 is 43.8. The van der Waals surface area contributed by atoms with E-state index in [1.165, 1.54) is 10.6 Å². The molecule has 0 bridgehead atoms. The predicted molar refractivity (Wildman–Crippen MR) is 122 cm³/mol. The number of hydrogen-bond acceptors (Lipinski definition) is 5. The Kier molecular flexibility index (Phi) is 6.34. The Bertz CT molecular complexity index is 1330. The van der Waals surface area contributed by atoms with E-state index in [2.05, 4.69) is 9.83 Å². The fourth-order valence-corrected chi connectivity index (χ4v) is 4.74. The molecule has 1 aliphatic rings. The van der Waals surface area contributed by atoms with Crippen molar-refractivity contribution in [1.29, 1.82) is 0 Å². The number of nitrogens with zero attached hydrogens (tertiary/aromatic N) is 5. The minimum Gasteiger partial charge on any atom is -0.395 e. The molecule has 178 valence electrons. The molecule has 34 heavy (non-hydrogen) atoms. The van der Waals surface area contributed by atoms with Crippen LogP contribution in [0.1, 0.15) is 25.5 Å². The number of fused-ring (bicyclic) bond motifs is 1. The van der Waals surface area contributed by atoms with Crippen molar-refractivity contribution >= 4 is 22.5 Å². The Morgan fingerprint density at radius 1 is 1.21 bits per heavy atom. The van der Waals surface area contributed by atoms with E-state index < -0.39 is 29.5 Å². The van der Waals surface area contributed by atoms with Gasteiger partial charge >= 0.3 is 0 Å². The van der Waals surface area contributed by atoms with Gasteiger partial charge in [0.05, 0.1) is 23.9 Å². The average Bonchev–Trinajstić information content (AvgIpc) is 2.80. The smallest absolute Gasteiger partial charge is 0.270 e. The molecule has 1 unspecified atom stereocenters. The number of aromatic nitrogens is 2.